The molecule has 3 N–H and O–H groups in total. The molecule has 11 heteroatoms. The molecule has 2 unspecified atom stereocenters. The van der Waals surface area contributed by atoms with E-state index in [9.17, 15) is 22.2 Å². The molecule has 0 saturated carbocycles. The first-order chi connectivity index (χ1) is 16.5. The van der Waals surface area contributed by atoms with Crippen LogP contribution in [0.5, 0.6) is 0 Å². The molecule has 1 aromatic heterocycles. The Morgan fingerprint density at radius 1 is 1.17 bits per heavy atom. The molecule has 1 amide bonds. The molecule has 35 heavy (non-hydrogen) atoms. The van der Waals surface area contributed by atoms with E-state index in [-0.39, 0.29) is 17.5 Å². The zero-order chi connectivity index (χ0) is 25.5. The lowest BCUT2D eigenvalue weighted by molar-refractivity contribution is -0.129. The Morgan fingerprint density at radius 3 is 2.43 bits per heavy atom. The third-order valence-electron chi connectivity index (χ3n) is 6.07. The van der Waals surface area contributed by atoms with Crippen LogP contribution in [-0.2, 0) is 20.5 Å². The van der Waals surface area contributed by atoms with Crippen molar-refractivity contribution in [2.75, 3.05) is 7.05 Å². The number of nitrogens with two attached hydrogens (primary N) is 1. The molecule has 0 fully saturated rings. The molecule has 0 bridgehead atoms. The lowest BCUT2D eigenvalue weighted by Crippen LogP contribution is -2.41. The van der Waals surface area contributed by atoms with Gasteiger partial charge in [-0.2, -0.15) is 8.42 Å². The molecule has 3 aromatic rings. The fourth-order valence-electron chi connectivity index (χ4n) is 4.28. The van der Waals surface area contributed by atoms with E-state index in [0.29, 0.717) is 27.8 Å². The molecule has 0 spiro atoms. The fourth-order valence-corrected chi connectivity index (χ4v) is 5.41. The number of halogens is 2. The summed E-state index contributed by atoms with van der Waals surface area (Å²) in [7, 11) is -2.81. The molecule has 182 valence electrons. The number of carbonyl (C=O) groups is 1. The Bertz CT molecular complexity index is 1450. The maximum absolute atomic E-state index is 13.9. The summed E-state index contributed by atoms with van der Waals surface area (Å²) in [6, 6.07) is 14.2. The number of hydrogen-bond donors (Lipinski definition) is 2. The SMILES string of the molecule is CCC(c1ccc(C2(c3cccc(-c4cc(F)cnc4Cl)c3)N=C(N)N(C)C2=O)cc1)S(=O)(=O)O. The minimum absolute atomic E-state index is 0.000644. The quantitative estimate of drug-likeness (QED) is 0.378. The average Bonchev–Trinajstić information content (AvgIpc) is 3.05. The predicted octanol–water partition coefficient (Wildman–Crippen LogP) is 3.91. The van der Waals surface area contributed by atoms with Crippen molar-refractivity contribution in [2.24, 2.45) is 10.7 Å². The van der Waals surface area contributed by atoms with Crippen molar-refractivity contribution in [1.82, 2.24) is 9.88 Å². The number of hydrogen-bond acceptors (Lipinski definition) is 6. The van der Waals surface area contributed by atoms with Crippen LogP contribution in [0.2, 0.25) is 5.15 Å². The molecular formula is C24H22ClFN4O4S. The summed E-state index contributed by atoms with van der Waals surface area (Å²) in [6.07, 6.45) is 1.18. The van der Waals surface area contributed by atoms with Crippen molar-refractivity contribution in [3.8, 4) is 11.1 Å². The van der Waals surface area contributed by atoms with Crippen molar-refractivity contribution >= 4 is 33.6 Å². The van der Waals surface area contributed by atoms with E-state index in [0.717, 1.165) is 6.20 Å². The number of aliphatic imine (C=N–C) groups is 1. The van der Waals surface area contributed by atoms with E-state index in [1.165, 1.54) is 30.1 Å². The standard InChI is InChI=1S/C24H22ClFN4O4S/c1-3-20(35(32,33)34)14-7-9-16(10-8-14)24(22(31)30(2)23(27)29-24)17-6-4-5-15(11-17)19-12-18(26)13-28-21(19)25/h4-13,20H,3H2,1-2H3,(H2,27,29)(H,32,33,34). The van der Waals surface area contributed by atoms with Crippen LogP contribution in [0.15, 0.2) is 65.8 Å². The van der Waals surface area contributed by atoms with Crippen molar-refractivity contribution in [3.05, 3.63) is 88.5 Å². The highest BCUT2D eigenvalue weighted by Gasteiger charge is 2.49. The molecule has 8 nitrogen and oxygen atoms in total. The van der Waals surface area contributed by atoms with Gasteiger partial charge in [0.05, 0.1) is 6.20 Å². The van der Waals surface area contributed by atoms with Gasteiger partial charge in [0.15, 0.2) is 11.5 Å². The smallest absolute Gasteiger partial charge is 0.271 e. The first-order valence-corrected chi connectivity index (χ1v) is 12.5. The lowest BCUT2D eigenvalue weighted by Gasteiger charge is -2.27. The summed E-state index contributed by atoms with van der Waals surface area (Å²) in [5.41, 5.74) is 6.57. The molecule has 2 atom stereocenters. The first-order valence-electron chi connectivity index (χ1n) is 10.6. The topological polar surface area (TPSA) is 126 Å². The predicted molar refractivity (Wildman–Crippen MR) is 131 cm³/mol. The van der Waals surface area contributed by atoms with E-state index in [4.69, 9.17) is 17.3 Å². The van der Waals surface area contributed by atoms with Gasteiger partial charge in [-0.15, -0.1) is 0 Å². The molecule has 1 aliphatic heterocycles. The Morgan fingerprint density at radius 2 is 1.86 bits per heavy atom. The van der Waals surface area contributed by atoms with E-state index < -0.39 is 32.6 Å². The molecular weight excluding hydrogens is 495 g/mol. The Hall–Kier alpha value is -3.34. The number of rotatable bonds is 6. The lowest BCUT2D eigenvalue weighted by atomic mass is 9.81. The van der Waals surface area contributed by atoms with Gasteiger partial charge in [-0.25, -0.2) is 14.4 Å². The summed E-state index contributed by atoms with van der Waals surface area (Å²) < 4.78 is 47.0. The summed E-state index contributed by atoms with van der Waals surface area (Å²) in [4.78, 5) is 23.1. The summed E-state index contributed by atoms with van der Waals surface area (Å²) >= 11 is 6.20. The fraction of sp³-hybridized carbons (Fsp3) is 0.208. The maximum atomic E-state index is 13.9. The molecule has 0 aliphatic carbocycles. The van der Waals surface area contributed by atoms with Crippen LogP contribution in [0, 0.1) is 5.82 Å². The van der Waals surface area contributed by atoms with Crippen molar-refractivity contribution in [1.29, 1.82) is 0 Å². The number of amides is 1. The van der Waals surface area contributed by atoms with Crippen molar-refractivity contribution in [2.45, 2.75) is 24.1 Å². The van der Waals surface area contributed by atoms with Crippen LogP contribution < -0.4 is 5.73 Å². The summed E-state index contributed by atoms with van der Waals surface area (Å²) in [6.45, 7) is 1.65. The van der Waals surface area contributed by atoms with Gasteiger partial charge in [0.25, 0.3) is 16.0 Å². The molecule has 1 aliphatic rings. The second-order valence-corrected chi connectivity index (χ2v) is 10.1. The van der Waals surface area contributed by atoms with Gasteiger partial charge >= 0.3 is 0 Å². The molecule has 0 saturated heterocycles. The number of benzene rings is 2. The number of nitrogens with zero attached hydrogens (tertiary/aromatic N) is 3. The second kappa shape index (κ2) is 9.03. The second-order valence-electron chi connectivity index (χ2n) is 8.15. The third-order valence-corrected chi connectivity index (χ3v) is 7.69. The van der Waals surface area contributed by atoms with Crippen LogP contribution in [0.4, 0.5) is 4.39 Å². The van der Waals surface area contributed by atoms with E-state index in [1.54, 1.807) is 43.3 Å². The third kappa shape index (κ3) is 4.29. The molecule has 2 heterocycles. The van der Waals surface area contributed by atoms with Crippen LogP contribution in [0.25, 0.3) is 11.1 Å². The Labute approximate surface area is 207 Å². The van der Waals surface area contributed by atoms with Crippen molar-refractivity contribution < 1.29 is 22.2 Å². The average molecular weight is 517 g/mol. The normalized spacial score (nSPS) is 19.1. The highest BCUT2D eigenvalue weighted by molar-refractivity contribution is 7.86. The Kier molecular flexibility index (Phi) is 6.39. The molecule has 2 aromatic carbocycles. The van der Waals surface area contributed by atoms with E-state index in [2.05, 4.69) is 9.98 Å². The number of carbonyl (C=O) groups excluding carboxylic acids is 1. The van der Waals surface area contributed by atoms with E-state index in [1.807, 2.05) is 0 Å². The van der Waals surface area contributed by atoms with Gasteiger partial charge in [-0.1, -0.05) is 61.0 Å². The van der Waals surface area contributed by atoms with Gasteiger partial charge < -0.3 is 5.73 Å². The Balaban J connectivity index is 1.89. The van der Waals surface area contributed by atoms with Crippen molar-refractivity contribution in [3.63, 3.8) is 0 Å². The molecule has 0 radical (unpaired) electrons. The molecule has 4 rings (SSSR count). The van der Waals surface area contributed by atoms with Gasteiger partial charge in [0.1, 0.15) is 16.2 Å². The largest absolute Gasteiger partial charge is 0.369 e. The zero-order valence-electron chi connectivity index (χ0n) is 18.8. The van der Waals surface area contributed by atoms with Gasteiger partial charge in [0, 0.05) is 12.6 Å². The maximum Gasteiger partial charge on any atom is 0.271 e. The van der Waals surface area contributed by atoms with Crippen LogP contribution in [0.1, 0.15) is 35.3 Å². The first kappa shape index (κ1) is 24.8. The number of aromatic nitrogens is 1. The monoisotopic (exact) mass is 516 g/mol. The van der Waals surface area contributed by atoms with Gasteiger partial charge in [-0.3, -0.25) is 14.2 Å². The van der Waals surface area contributed by atoms with Gasteiger partial charge in [-0.05, 0) is 40.8 Å². The highest BCUT2D eigenvalue weighted by atomic mass is 35.5. The van der Waals surface area contributed by atoms with Crippen LogP contribution in [0.3, 0.4) is 0 Å². The highest BCUT2D eigenvalue weighted by Crippen LogP contribution is 2.41. The number of pyridine rings is 1. The van der Waals surface area contributed by atoms with E-state index >= 15 is 0 Å². The van der Waals surface area contributed by atoms with Crippen LogP contribution in [-0.4, -0.2) is 41.8 Å². The number of likely N-dealkylation sites (N-methyl/N-ethyl adjacent to an activating group) is 1. The van der Waals surface area contributed by atoms with Crippen LogP contribution >= 0.6 is 11.6 Å². The summed E-state index contributed by atoms with van der Waals surface area (Å²) in [5, 5.41) is -1.01. The van der Waals surface area contributed by atoms with Gasteiger partial charge in [0.2, 0.25) is 0 Å². The summed E-state index contributed by atoms with van der Waals surface area (Å²) in [5.74, 6) is -0.993. The minimum atomic E-state index is -4.31. The minimum Gasteiger partial charge on any atom is -0.369 e. The zero-order valence-corrected chi connectivity index (χ0v) is 20.4. The number of guanidine groups is 1.